The van der Waals surface area contributed by atoms with Gasteiger partial charge in [-0.1, -0.05) is 24.3 Å². The van der Waals surface area contributed by atoms with Crippen LogP contribution in [0.4, 0.5) is 0 Å². The van der Waals surface area contributed by atoms with Gasteiger partial charge in [0.1, 0.15) is 11.3 Å². The maximum Gasteiger partial charge on any atom is 0.343 e. The molecule has 0 N–H and O–H groups in total. The SMILES string of the molecule is C=CCCOc1c(CC=C)c(=O)oc2ccccc12. The third-order valence-electron chi connectivity index (χ3n) is 2.77. The van der Waals surface area contributed by atoms with Crippen molar-refractivity contribution in [1.29, 1.82) is 0 Å². The third kappa shape index (κ3) is 2.76. The second kappa shape index (κ2) is 6.05. The Hall–Kier alpha value is -2.29. The lowest BCUT2D eigenvalue weighted by Gasteiger charge is -2.11. The lowest BCUT2D eigenvalue weighted by molar-refractivity contribution is 0.322. The van der Waals surface area contributed by atoms with Gasteiger partial charge in [0.15, 0.2) is 0 Å². The molecule has 2 rings (SSSR count). The average molecular weight is 256 g/mol. The molecule has 3 heteroatoms. The Bertz CT molecular complexity index is 653. The van der Waals surface area contributed by atoms with E-state index in [1.54, 1.807) is 18.2 Å². The Kier molecular flexibility index (Phi) is 4.18. The number of fused-ring (bicyclic) bond motifs is 1. The quantitative estimate of drug-likeness (QED) is 0.451. The lowest BCUT2D eigenvalue weighted by Crippen LogP contribution is -2.11. The summed E-state index contributed by atoms with van der Waals surface area (Å²) >= 11 is 0. The minimum atomic E-state index is -0.368. The lowest BCUT2D eigenvalue weighted by atomic mass is 10.1. The van der Waals surface area contributed by atoms with Crippen molar-refractivity contribution in [2.45, 2.75) is 12.8 Å². The normalized spacial score (nSPS) is 10.3. The zero-order valence-electron chi connectivity index (χ0n) is 10.7. The average Bonchev–Trinajstić information content (AvgIpc) is 2.42. The molecule has 0 unspecified atom stereocenters. The van der Waals surface area contributed by atoms with Gasteiger partial charge >= 0.3 is 5.63 Å². The zero-order chi connectivity index (χ0) is 13.7. The van der Waals surface area contributed by atoms with Crippen LogP contribution in [0.3, 0.4) is 0 Å². The summed E-state index contributed by atoms with van der Waals surface area (Å²) in [6.45, 7) is 7.80. The van der Waals surface area contributed by atoms with E-state index in [-0.39, 0.29) is 5.63 Å². The van der Waals surface area contributed by atoms with E-state index in [2.05, 4.69) is 13.2 Å². The Labute approximate surface area is 111 Å². The molecule has 0 aliphatic rings. The number of benzene rings is 1. The maximum atomic E-state index is 12.0. The summed E-state index contributed by atoms with van der Waals surface area (Å²) in [7, 11) is 0. The van der Waals surface area contributed by atoms with Gasteiger partial charge in [0.25, 0.3) is 0 Å². The van der Waals surface area contributed by atoms with Crippen LogP contribution in [-0.2, 0) is 6.42 Å². The second-order valence-electron chi connectivity index (χ2n) is 4.11. The molecule has 0 saturated carbocycles. The van der Waals surface area contributed by atoms with Crippen LogP contribution in [-0.4, -0.2) is 6.61 Å². The Morgan fingerprint density at radius 3 is 2.74 bits per heavy atom. The summed E-state index contributed by atoms with van der Waals surface area (Å²) in [4.78, 5) is 12.0. The van der Waals surface area contributed by atoms with Crippen molar-refractivity contribution in [3.63, 3.8) is 0 Å². The maximum absolute atomic E-state index is 12.0. The molecule has 0 atom stereocenters. The molecule has 0 aliphatic carbocycles. The Morgan fingerprint density at radius 2 is 2.00 bits per heavy atom. The van der Waals surface area contributed by atoms with Gasteiger partial charge in [0.05, 0.1) is 17.6 Å². The minimum absolute atomic E-state index is 0.368. The van der Waals surface area contributed by atoms with E-state index in [0.29, 0.717) is 29.9 Å². The van der Waals surface area contributed by atoms with Gasteiger partial charge < -0.3 is 9.15 Å². The summed E-state index contributed by atoms with van der Waals surface area (Å²) in [5.41, 5.74) is 0.680. The molecule has 0 bridgehead atoms. The van der Waals surface area contributed by atoms with Crippen molar-refractivity contribution >= 4 is 11.0 Å². The largest absolute Gasteiger partial charge is 0.492 e. The molecule has 1 heterocycles. The standard InChI is InChI=1S/C16H16O3/c1-3-5-11-18-15-12-9-6-7-10-14(12)19-16(17)13(15)8-4-2/h3-4,6-7,9-10H,1-2,5,8,11H2. The van der Waals surface area contributed by atoms with Crippen molar-refractivity contribution in [3.8, 4) is 5.75 Å². The molecule has 1 aromatic carbocycles. The molecular weight excluding hydrogens is 240 g/mol. The van der Waals surface area contributed by atoms with Crippen molar-refractivity contribution in [2.75, 3.05) is 6.61 Å². The molecule has 0 saturated heterocycles. The van der Waals surface area contributed by atoms with Crippen LogP contribution in [0, 0.1) is 0 Å². The summed E-state index contributed by atoms with van der Waals surface area (Å²) in [6, 6.07) is 7.36. The molecule has 0 radical (unpaired) electrons. The number of ether oxygens (including phenoxy) is 1. The molecule has 0 fully saturated rings. The predicted molar refractivity (Wildman–Crippen MR) is 76.7 cm³/mol. The zero-order valence-corrected chi connectivity index (χ0v) is 10.7. The molecule has 1 aromatic heterocycles. The summed E-state index contributed by atoms with van der Waals surface area (Å²) in [6.07, 6.45) is 4.60. The van der Waals surface area contributed by atoms with Crippen molar-refractivity contribution in [1.82, 2.24) is 0 Å². The van der Waals surface area contributed by atoms with E-state index >= 15 is 0 Å². The first-order valence-corrected chi connectivity index (χ1v) is 6.17. The number of para-hydroxylation sites is 1. The molecule has 19 heavy (non-hydrogen) atoms. The first-order chi connectivity index (χ1) is 9.27. The van der Waals surface area contributed by atoms with Crippen LogP contribution in [0.15, 0.2) is 58.8 Å². The molecule has 0 amide bonds. The summed E-state index contributed by atoms with van der Waals surface area (Å²) in [5, 5.41) is 0.808. The number of hydrogen-bond donors (Lipinski definition) is 0. The topological polar surface area (TPSA) is 39.4 Å². The van der Waals surface area contributed by atoms with E-state index in [9.17, 15) is 4.79 Å². The first kappa shape index (κ1) is 13.1. The number of hydrogen-bond acceptors (Lipinski definition) is 3. The van der Waals surface area contributed by atoms with E-state index in [4.69, 9.17) is 9.15 Å². The Balaban J connectivity index is 2.58. The third-order valence-corrected chi connectivity index (χ3v) is 2.77. The predicted octanol–water partition coefficient (Wildman–Crippen LogP) is 3.48. The monoisotopic (exact) mass is 256 g/mol. The fourth-order valence-corrected chi connectivity index (χ4v) is 1.89. The highest BCUT2D eigenvalue weighted by molar-refractivity contribution is 5.84. The number of allylic oxidation sites excluding steroid dienone is 1. The molecule has 2 aromatic rings. The van der Waals surface area contributed by atoms with Gasteiger partial charge in [-0.05, 0) is 18.6 Å². The van der Waals surface area contributed by atoms with Gasteiger partial charge in [0.2, 0.25) is 0 Å². The van der Waals surface area contributed by atoms with Crippen LogP contribution in [0.5, 0.6) is 5.75 Å². The fraction of sp³-hybridized carbons (Fsp3) is 0.188. The molecule has 0 aliphatic heterocycles. The van der Waals surface area contributed by atoms with Crippen molar-refractivity contribution < 1.29 is 9.15 Å². The smallest absolute Gasteiger partial charge is 0.343 e. The highest BCUT2D eigenvalue weighted by Crippen LogP contribution is 2.28. The summed E-state index contributed by atoms with van der Waals surface area (Å²) < 4.78 is 11.0. The highest BCUT2D eigenvalue weighted by atomic mass is 16.5. The number of rotatable bonds is 6. The molecule has 0 spiro atoms. The summed E-state index contributed by atoms with van der Waals surface area (Å²) in [5.74, 6) is 0.591. The van der Waals surface area contributed by atoms with E-state index in [0.717, 1.165) is 11.8 Å². The van der Waals surface area contributed by atoms with E-state index in [1.807, 2.05) is 18.2 Å². The van der Waals surface area contributed by atoms with Crippen molar-refractivity contribution in [3.05, 3.63) is 65.6 Å². The second-order valence-corrected chi connectivity index (χ2v) is 4.11. The highest BCUT2D eigenvalue weighted by Gasteiger charge is 2.14. The van der Waals surface area contributed by atoms with Gasteiger partial charge in [-0.2, -0.15) is 0 Å². The van der Waals surface area contributed by atoms with Crippen LogP contribution in [0.1, 0.15) is 12.0 Å². The van der Waals surface area contributed by atoms with Crippen molar-refractivity contribution in [2.24, 2.45) is 0 Å². The molecule has 3 nitrogen and oxygen atoms in total. The van der Waals surface area contributed by atoms with Gasteiger partial charge in [0, 0.05) is 6.42 Å². The van der Waals surface area contributed by atoms with Gasteiger partial charge in [-0.25, -0.2) is 4.79 Å². The minimum Gasteiger partial charge on any atom is -0.492 e. The van der Waals surface area contributed by atoms with Gasteiger partial charge in [-0.15, -0.1) is 13.2 Å². The van der Waals surface area contributed by atoms with Crippen LogP contribution in [0.25, 0.3) is 11.0 Å². The Morgan fingerprint density at radius 1 is 1.21 bits per heavy atom. The molecular formula is C16H16O3. The first-order valence-electron chi connectivity index (χ1n) is 6.17. The van der Waals surface area contributed by atoms with Crippen LogP contribution < -0.4 is 10.4 Å². The molecule has 98 valence electrons. The fourth-order valence-electron chi connectivity index (χ4n) is 1.89. The van der Waals surface area contributed by atoms with E-state index in [1.165, 1.54) is 0 Å². The van der Waals surface area contributed by atoms with Crippen LogP contribution in [0.2, 0.25) is 0 Å². The van der Waals surface area contributed by atoms with Gasteiger partial charge in [-0.3, -0.25) is 0 Å². The van der Waals surface area contributed by atoms with Crippen LogP contribution >= 0.6 is 0 Å². The van der Waals surface area contributed by atoms with E-state index < -0.39 is 0 Å².